The average Bonchev–Trinajstić information content (AvgIpc) is 3.71. The highest BCUT2D eigenvalue weighted by Gasteiger charge is 2.76. The molecule has 0 aliphatic carbocycles. The lowest BCUT2D eigenvalue weighted by molar-refractivity contribution is -0.180. The van der Waals surface area contributed by atoms with Crippen molar-refractivity contribution < 1.29 is 38.5 Å². The van der Waals surface area contributed by atoms with Gasteiger partial charge in [-0.1, -0.05) is 122 Å². The molecule has 12 heteroatoms. The summed E-state index contributed by atoms with van der Waals surface area (Å²) in [6.07, 6.45) is 0.524. The Bertz CT molecular complexity index is 2380. The van der Waals surface area contributed by atoms with Crippen molar-refractivity contribution in [2.45, 2.75) is 42.6 Å². The first kappa shape index (κ1) is 40.0. The number of morpholine rings is 1. The number of cyclic esters (lactones) is 1. The highest BCUT2D eigenvalue weighted by Crippen LogP contribution is 2.66. The number of aliphatic hydroxyl groups is 1. The minimum absolute atomic E-state index is 0.0733. The molecule has 2 fully saturated rings. The van der Waals surface area contributed by atoms with E-state index in [0.29, 0.717) is 22.4 Å². The third kappa shape index (κ3) is 6.88. The van der Waals surface area contributed by atoms with Gasteiger partial charge in [0.25, 0.3) is 0 Å². The summed E-state index contributed by atoms with van der Waals surface area (Å²) in [5.74, 6) is -3.51. The molecule has 2 N–H and O–H groups in total. The maximum Gasteiger partial charge on any atom is 0.329 e. The Morgan fingerprint density at radius 2 is 1.54 bits per heavy atom. The van der Waals surface area contributed by atoms with E-state index in [2.05, 4.69) is 34.5 Å². The first-order chi connectivity index (χ1) is 28.7. The number of halogens is 1. The smallest absolute Gasteiger partial charge is 0.329 e. The van der Waals surface area contributed by atoms with Gasteiger partial charge in [0.15, 0.2) is 0 Å². The number of aliphatic hydroxyl groups excluding tert-OH is 1. The van der Waals surface area contributed by atoms with Crippen molar-refractivity contribution in [3.8, 4) is 5.75 Å². The van der Waals surface area contributed by atoms with Gasteiger partial charge >= 0.3 is 18.0 Å². The van der Waals surface area contributed by atoms with Crippen LogP contribution in [0.25, 0.3) is 0 Å². The van der Waals surface area contributed by atoms with Gasteiger partial charge in [-0.3, -0.25) is 19.3 Å². The molecule has 0 unspecified atom stereocenters. The fourth-order valence-corrected chi connectivity index (χ4v) is 9.61. The molecule has 8 rings (SSSR count). The molecule has 11 nitrogen and oxygen atoms in total. The highest BCUT2D eigenvalue weighted by atomic mass is 127. The molecule has 3 aliphatic heterocycles. The minimum Gasteiger partial charge on any atom is -0.491 e. The number of para-hydroxylation sites is 1. The van der Waals surface area contributed by atoms with E-state index in [0.717, 1.165) is 19.6 Å². The zero-order chi connectivity index (χ0) is 41.3. The number of urea groups is 1. The first-order valence-corrected chi connectivity index (χ1v) is 20.5. The Labute approximate surface area is 355 Å². The van der Waals surface area contributed by atoms with Crippen molar-refractivity contribution in [1.29, 1.82) is 0 Å². The number of carbonyl (C=O) groups is 4. The van der Waals surface area contributed by atoms with Gasteiger partial charge < -0.3 is 24.6 Å². The molecule has 7 atom stereocenters. The summed E-state index contributed by atoms with van der Waals surface area (Å²) in [7, 11) is 0. The third-order valence-electron chi connectivity index (χ3n) is 11.4. The molecule has 3 heterocycles. The van der Waals surface area contributed by atoms with E-state index >= 15 is 14.4 Å². The molecule has 3 amide bonds. The van der Waals surface area contributed by atoms with Crippen LogP contribution in [0.5, 0.6) is 5.75 Å². The predicted molar refractivity (Wildman–Crippen MR) is 228 cm³/mol. The lowest BCUT2D eigenvalue weighted by atomic mass is 9.65. The standard InChI is InChI=1S/C47H42IN3O8/c1-3-26-58-43(53)38-40-44(54)59-41(32-19-11-6-12-20-32)39(31-17-9-5-10-18-31)51(40)42(34-21-13-14-22-37(34)57-27-25-52)47(38)35-28-33(48)23-24-36(35)50(45(47)55)46(56)49-29(2)30-15-7-4-8-16-30/h3-24,28-29,38-42,52H,1,25-27H2,2H3,(H,49,56)/t29-,38+,39+,40+,41-,42-,47+/m1/s1. The van der Waals surface area contributed by atoms with Crippen LogP contribution in [0.15, 0.2) is 146 Å². The highest BCUT2D eigenvalue weighted by molar-refractivity contribution is 14.1. The van der Waals surface area contributed by atoms with Gasteiger partial charge in [0.05, 0.1) is 30.4 Å². The summed E-state index contributed by atoms with van der Waals surface area (Å²) in [5, 5.41) is 13.0. The lowest BCUT2D eigenvalue weighted by Crippen LogP contribution is -2.54. The Morgan fingerprint density at radius 1 is 0.898 bits per heavy atom. The van der Waals surface area contributed by atoms with E-state index in [1.807, 2.05) is 103 Å². The summed E-state index contributed by atoms with van der Waals surface area (Å²) < 4.78 is 19.3. The second-order valence-electron chi connectivity index (χ2n) is 14.7. The van der Waals surface area contributed by atoms with Crippen molar-refractivity contribution in [2.24, 2.45) is 5.92 Å². The molecule has 5 aromatic rings. The lowest BCUT2D eigenvalue weighted by Gasteiger charge is -2.46. The number of amides is 3. The molecular formula is C47H42IN3O8. The molecule has 0 bridgehead atoms. The number of imide groups is 1. The Hall–Kier alpha value is -5.83. The summed E-state index contributed by atoms with van der Waals surface area (Å²) in [4.78, 5) is 64.0. The number of hydrogen-bond acceptors (Lipinski definition) is 9. The molecule has 0 radical (unpaired) electrons. The minimum atomic E-state index is -1.98. The maximum absolute atomic E-state index is 16.2. The van der Waals surface area contributed by atoms with E-state index in [9.17, 15) is 9.90 Å². The molecule has 0 aromatic heterocycles. The predicted octanol–water partition coefficient (Wildman–Crippen LogP) is 7.53. The van der Waals surface area contributed by atoms with Gasteiger partial charge in [0, 0.05) is 9.13 Å². The quantitative estimate of drug-likeness (QED) is 0.0784. The summed E-state index contributed by atoms with van der Waals surface area (Å²) in [6.45, 7) is 5.00. The average molecular weight is 904 g/mol. The van der Waals surface area contributed by atoms with E-state index < -0.39 is 65.5 Å². The zero-order valence-corrected chi connectivity index (χ0v) is 34.3. The van der Waals surface area contributed by atoms with Gasteiger partial charge in [-0.2, -0.15) is 0 Å². The van der Waals surface area contributed by atoms with Crippen LogP contribution < -0.4 is 15.0 Å². The number of esters is 2. The number of carbonyl (C=O) groups excluding carboxylic acids is 4. The Balaban J connectivity index is 1.44. The van der Waals surface area contributed by atoms with Crippen molar-refractivity contribution in [3.63, 3.8) is 0 Å². The number of benzene rings is 5. The third-order valence-corrected chi connectivity index (χ3v) is 12.1. The topological polar surface area (TPSA) is 135 Å². The van der Waals surface area contributed by atoms with Gasteiger partial charge in [-0.05, 0) is 76.0 Å². The summed E-state index contributed by atoms with van der Waals surface area (Å²) >= 11 is 2.15. The first-order valence-electron chi connectivity index (χ1n) is 19.4. The Morgan fingerprint density at radius 3 is 2.22 bits per heavy atom. The number of ether oxygens (including phenoxy) is 3. The van der Waals surface area contributed by atoms with E-state index in [-0.39, 0.29) is 25.5 Å². The number of nitrogens with zero attached hydrogens (tertiary/aromatic N) is 2. The fourth-order valence-electron chi connectivity index (χ4n) is 9.11. The molecule has 1 spiro atoms. The SMILES string of the molecule is C=CCOC(=O)[C@@H]1[C@H]2C(=O)O[C@H](c3ccccc3)[C@H](c3ccccc3)N2[C@H](c2ccccc2OCCO)[C@@]12C(=O)N(C(=O)N[C@H](C)c1ccccc1)c1ccc(I)cc12. The van der Waals surface area contributed by atoms with Crippen LogP contribution in [0.2, 0.25) is 0 Å². The molecule has 0 saturated carbocycles. The molecule has 5 aromatic carbocycles. The van der Waals surface area contributed by atoms with Crippen LogP contribution in [0.4, 0.5) is 10.5 Å². The van der Waals surface area contributed by atoms with Crippen LogP contribution in [-0.2, 0) is 29.3 Å². The largest absolute Gasteiger partial charge is 0.491 e. The van der Waals surface area contributed by atoms with Crippen LogP contribution in [-0.4, -0.2) is 59.7 Å². The molecule has 2 saturated heterocycles. The van der Waals surface area contributed by atoms with Gasteiger partial charge in [-0.25, -0.2) is 9.69 Å². The summed E-state index contributed by atoms with van der Waals surface area (Å²) in [6, 6.07) is 36.1. The second kappa shape index (κ2) is 16.8. The number of anilines is 1. The fraction of sp³-hybridized carbons (Fsp3) is 0.234. The maximum atomic E-state index is 16.2. The van der Waals surface area contributed by atoms with Crippen molar-refractivity contribution in [1.82, 2.24) is 10.2 Å². The number of hydrogen-bond donors (Lipinski definition) is 2. The molecule has 3 aliphatic rings. The number of nitrogens with one attached hydrogen (secondary N) is 1. The van der Waals surface area contributed by atoms with Crippen LogP contribution in [0.1, 0.15) is 59.0 Å². The van der Waals surface area contributed by atoms with Crippen molar-refractivity contribution in [2.75, 3.05) is 24.7 Å². The van der Waals surface area contributed by atoms with Crippen LogP contribution >= 0.6 is 22.6 Å². The van der Waals surface area contributed by atoms with Crippen molar-refractivity contribution in [3.05, 3.63) is 178 Å². The van der Waals surface area contributed by atoms with E-state index in [1.165, 1.54) is 6.08 Å². The summed E-state index contributed by atoms with van der Waals surface area (Å²) in [5.41, 5.74) is 1.39. The zero-order valence-electron chi connectivity index (χ0n) is 32.1. The number of rotatable bonds is 11. The normalized spacial score (nSPS) is 23.8. The van der Waals surface area contributed by atoms with Gasteiger partial charge in [-0.15, -0.1) is 0 Å². The molecular weight excluding hydrogens is 861 g/mol. The Kier molecular flexibility index (Phi) is 11.4. The molecule has 300 valence electrons. The second-order valence-corrected chi connectivity index (χ2v) is 15.9. The van der Waals surface area contributed by atoms with Crippen LogP contribution in [0, 0.1) is 9.49 Å². The van der Waals surface area contributed by atoms with E-state index in [1.54, 1.807) is 42.5 Å². The molecule has 59 heavy (non-hydrogen) atoms. The van der Waals surface area contributed by atoms with Crippen molar-refractivity contribution >= 4 is 52.2 Å². The van der Waals surface area contributed by atoms with Gasteiger partial charge in [0.1, 0.15) is 42.4 Å². The van der Waals surface area contributed by atoms with Gasteiger partial charge in [0.2, 0.25) is 5.91 Å². The van der Waals surface area contributed by atoms with Crippen LogP contribution in [0.3, 0.4) is 0 Å². The van der Waals surface area contributed by atoms with E-state index in [4.69, 9.17) is 14.2 Å². The monoisotopic (exact) mass is 903 g/mol. The number of fused-ring (bicyclic) bond motifs is 3.